The van der Waals surface area contributed by atoms with Crippen LogP contribution in [0, 0.1) is 18.3 Å². The number of nitriles is 1. The molecule has 0 spiro atoms. The SMILES string of the molecule is Cc1cc(C(=O)O)cc(Nc2cc(Br)ccc2C#N)n1. The van der Waals surface area contributed by atoms with Crippen LogP contribution in [0.3, 0.4) is 0 Å². The molecule has 0 fully saturated rings. The Kier molecular flexibility index (Phi) is 4.01. The molecule has 1 aromatic carbocycles. The van der Waals surface area contributed by atoms with E-state index in [4.69, 9.17) is 10.4 Å². The molecule has 0 aliphatic heterocycles. The highest BCUT2D eigenvalue weighted by atomic mass is 79.9. The first-order chi connectivity index (χ1) is 9.49. The minimum absolute atomic E-state index is 0.147. The van der Waals surface area contributed by atoms with Gasteiger partial charge in [0, 0.05) is 10.2 Å². The minimum Gasteiger partial charge on any atom is -0.478 e. The lowest BCUT2D eigenvalue weighted by atomic mass is 10.2. The van der Waals surface area contributed by atoms with Crippen molar-refractivity contribution in [1.29, 1.82) is 5.26 Å². The quantitative estimate of drug-likeness (QED) is 0.899. The van der Waals surface area contributed by atoms with Gasteiger partial charge in [0.15, 0.2) is 0 Å². The number of benzene rings is 1. The summed E-state index contributed by atoms with van der Waals surface area (Å²) in [6, 6.07) is 10.1. The van der Waals surface area contributed by atoms with Crippen molar-refractivity contribution in [2.24, 2.45) is 0 Å². The average Bonchev–Trinajstić information content (AvgIpc) is 2.38. The number of aryl methyl sites for hydroxylation is 1. The Morgan fingerprint density at radius 2 is 2.15 bits per heavy atom. The number of carboxylic acids is 1. The number of halogens is 1. The summed E-state index contributed by atoms with van der Waals surface area (Å²) in [6.07, 6.45) is 0. The molecule has 1 aromatic heterocycles. The third-order valence-electron chi connectivity index (χ3n) is 2.57. The Morgan fingerprint density at radius 1 is 1.40 bits per heavy atom. The van der Waals surface area contributed by atoms with Crippen LogP contribution in [0.2, 0.25) is 0 Å². The zero-order valence-corrected chi connectivity index (χ0v) is 12.1. The molecule has 0 saturated heterocycles. The molecule has 0 unspecified atom stereocenters. The molecule has 0 bridgehead atoms. The molecule has 20 heavy (non-hydrogen) atoms. The fraction of sp³-hybridized carbons (Fsp3) is 0.0714. The zero-order valence-electron chi connectivity index (χ0n) is 10.5. The monoisotopic (exact) mass is 331 g/mol. The molecule has 0 atom stereocenters. The van der Waals surface area contributed by atoms with Gasteiger partial charge >= 0.3 is 5.97 Å². The van der Waals surface area contributed by atoms with Crippen LogP contribution in [0.5, 0.6) is 0 Å². The number of hydrogen-bond acceptors (Lipinski definition) is 4. The van der Waals surface area contributed by atoms with Gasteiger partial charge in [0.1, 0.15) is 11.9 Å². The topological polar surface area (TPSA) is 86.0 Å². The molecule has 0 radical (unpaired) electrons. The molecule has 6 heteroatoms. The van der Waals surface area contributed by atoms with Crippen LogP contribution in [0.4, 0.5) is 11.5 Å². The van der Waals surface area contributed by atoms with E-state index in [1.807, 2.05) is 0 Å². The smallest absolute Gasteiger partial charge is 0.335 e. The largest absolute Gasteiger partial charge is 0.478 e. The maximum Gasteiger partial charge on any atom is 0.335 e. The fourth-order valence-electron chi connectivity index (χ4n) is 1.71. The maximum absolute atomic E-state index is 11.0. The van der Waals surface area contributed by atoms with Crippen molar-refractivity contribution in [2.75, 3.05) is 5.32 Å². The van der Waals surface area contributed by atoms with Crippen molar-refractivity contribution in [3.8, 4) is 6.07 Å². The number of nitrogens with zero attached hydrogens (tertiary/aromatic N) is 2. The lowest BCUT2D eigenvalue weighted by molar-refractivity contribution is 0.0696. The first-order valence-electron chi connectivity index (χ1n) is 5.68. The number of aromatic carboxylic acids is 1. The number of carbonyl (C=O) groups is 1. The third-order valence-corrected chi connectivity index (χ3v) is 3.06. The number of aromatic nitrogens is 1. The molecule has 0 saturated carbocycles. The maximum atomic E-state index is 11.0. The summed E-state index contributed by atoms with van der Waals surface area (Å²) in [7, 11) is 0. The second kappa shape index (κ2) is 5.72. The first kappa shape index (κ1) is 14.0. The summed E-state index contributed by atoms with van der Waals surface area (Å²) in [5, 5.41) is 21.1. The van der Waals surface area contributed by atoms with Gasteiger partial charge in [-0.25, -0.2) is 9.78 Å². The molecule has 100 valence electrons. The van der Waals surface area contributed by atoms with Crippen molar-refractivity contribution >= 4 is 33.4 Å². The van der Waals surface area contributed by atoms with E-state index < -0.39 is 5.97 Å². The molecule has 2 rings (SSSR count). The van der Waals surface area contributed by atoms with Crippen molar-refractivity contribution in [1.82, 2.24) is 4.98 Å². The van der Waals surface area contributed by atoms with Gasteiger partial charge in [0.25, 0.3) is 0 Å². The van der Waals surface area contributed by atoms with Crippen LogP contribution in [0.15, 0.2) is 34.8 Å². The van der Waals surface area contributed by atoms with Crippen molar-refractivity contribution in [2.45, 2.75) is 6.92 Å². The Balaban J connectivity index is 2.42. The normalized spacial score (nSPS) is 9.85. The number of pyridine rings is 1. The van der Waals surface area contributed by atoms with E-state index in [0.29, 0.717) is 22.8 Å². The zero-order chi connectivity index (χ0) is 14.7. The highest BCUT2D eigenvalue weighted by Gasteiger charge is 2.09. The van der Waals surface area contributed by atoms with E-state index in [-0.39, 0.29) is 5.56 Å². The molecule has 2 aromatic rings. The van der Waals surface area contributed by atoms with Gasteiger partial charge in [-0.1, -0.05) is 15.9 Å². The van der Waals surface area contributed by atoms with E-state index >= 15 is 0 Å². The van der Waals surface area contributed by atoms with Crippen molar-refractivity contribution in [3.05, 3.63) is 51.6 Å². The molecule has 2 N–H and O–H groups in total. The molecule has 0 aliphatic rings. The second-order valence-electron chi connectivity index (χ2n) is 4.11. The molecule has 0 amide bonds. The van der Waals surface area contributed by atoms with Gasteiger partial charge in [-0.05, 0) is 37.3 Å². The van der Waals surface area contributed by atoms with Crippen molar-refractivity contribution in [3.63, 3.8) is 0 Å². The molecule has 5 nitrogen and oxygen atoms in total. The standard InChI is InChI=1S/C14H10BrN3O2/c1-8-4-10(14(19)20)5-13(17-8)18-12-6-11(15)3-2-9(12)7-16/h2-6H,1H3,(H,17,18)(H,19,20). The van der Waals surface area contributed by atoms with Gasteiger partial charge in [-0.15, -0.1) is 0 Å². The van der Waals surface area contributed by atoms with Crippen LogP contribution >= 0.6 is 15.9 Å². The Bertz CT molecular complexity index is 723. The average molecular weight is 332 g/mol. The molecular formula is C14H10BrN3O2. The number of anilines is 2. The highest BCUT2D eigenvalue weighted by molar-refractivity contribution is 9.10. The van der Waals surface area contributed by atoms with E-state index in [2.05, 4.69) is 32.3 Å². The van der Waals surface area contributed by atoms with Crippen LogP contribution in [-0.2, 0) is 0 Å². The summed E-state index contributed by atoms with van der Waals surface area (Å²) < 4.78 is 0.810. The molecular weight excluding hydrogens is 322 g/mol. The second-order valence-corrected chi connectivity index (χ2v) is 5.03. The third kappa shape index (κ3) is 3.13. The van der Waals surface area contributed by atoms with E-state index in [9.17, 15) is 4.79 Å². The summed E-state index contributed by atoms with van der Waals surface area (Å²) in [4.78, 5) is 15.2. The van der Waals surface area contributed by atoms with E-state index in [1.165, 1.54) is 12.1 Å². The van der Waals surface area contributed by atoms with E-state index in [0.717, 1.165) is 4.47 Å². The van der Waals surface area contributed by atoms with Gasteiger partial charge < -0.3 is 10.4 Å². The Hall–Kier alpha value is -2.39. The predicted octanol–water partition coefficient (Wildman–Crippen LogP) is 3.47. The van der Waals surface area contributed by atoms with Crippen LogP contribution in [0.1, 0.15) is 21.6 Å². The number of nitrogens with one attached hydrogen (secondary N) is 1. The van der Waals surface area contributed by atoms with Gasteiger partial charge in [-0.2, -0.15) is 5.26 Å². The predicted molar refractivity (Wildman–Crippen MR) is 78.1 cm³/mol. The van der Waals surface area contributed by atoms with Crippen molar-refractivity contribution < 1.29 is 9.90 Å². The summed E-state index contributed by atoms with van der Waals surface area (Å²) in [5.41, 5.74) is 1.75. The summed E-state index contributed by atoms with van der Waals surface area (Å²) in [6.45, 7) is 1.71. The number of carboxylic acid groups (broad SMARTS) is 1. The highest BCUT2D eigenvalue weighted by Crippen LogP contribution is 2.24. The van der Waals surface area contributed by atoms with Gasteiger partial charge in [-0.3, -0.25) is 0 Å². The number of hydrogen-bond donors (Lipinski definition) is 2. The molecule has 1 heterocycles. The van der Waals surface area contributed by atoms with Gasteiger partial charge in [0.2, 0.25) is 0 Å². The van der Waals surface area contributed by atoms with Gasteiger partial charge in [0.05, 0.1) is 16.8 Å². The van der Waals surface area contributed by atoms with Crippen LogP contribution in [-0.4, -0.2) is 16.1 Å². The van der Waals surface area contributed by atoms with Crippen LogP contribution < -0.4 is 5.32 Å². The minimum atomic E-state index is -1.02. The fourth-order valence-corrected chi connectivity index (χ4v) is 2.07. The summed E-state index contributed by atoms with van der Waals surface area (Å²) in [5.74, 6) is -0.634. The summed E-state index contributed by atoms with van der Waals surface area (Å²) >= 11 is 3.33. The molecule has 0 aliphatic carbocycles. The van der Waals surface area contributed by atoms with Crippen LogP contribution in [0.25, 0.3) is 0 Å². The first-order valence-corrected chi connectivity index (χ1v) is 6.47. The lowest BCUT2D eigenvalue weighted by Crippen LogP contribution is -2.02. The lowest BCUT2D eigenvalue weighted by Gasteiger charge is -2.09. The van der Waals surface area contributed by atoms with E-state index in [1.54, 1.807) is 25.1 Å². The Labute approximate surface area is 124 Å². The number of rotatable bonds is 3. The Morgan fingerprint density at radius 3 is 2.80 bits per heavy atom.